The number of hydrogen-bond acceptors (Lipinski definition) is 8. The maximum atomic E-state index is 13.0. The van der Waals surface area contributed by atoms with E-state index in [0.717, 1.165) is 24.5 Å². The Bertz CT molecular complexity index is 1340. The molecule has 0 aliphatic heterocycles. The standard InChI is InChI=1S/C23H20N2O8S/c1-32-18-10-6-9-17(14-18)24-22(26)21(15-7-4-3-5-8-15)33-23(27)16-11-12-20(34(2,30)31)19(13-16)25(28)29/h3-14,21H,1-2H3,(H,24,26)/t21-/m1/s1. The van der Waals surface area contributed by atoms with E-state index in [1.54, 1.807) is 54.6 Å². The first kappa shape index (κ1) is 24.4. The van der Waals surface area contributed by atoms with Gasteiger partial charge in [-0.25, -0.2) is 13.2 Å². The van der Waals surface area contributed by atoms with Crippen LogP contribution in [0, 0.1) is 10.1 Å². The van der Waals surface area contributed by atoms with Gasteiger partial charge >= 0.3 is 5.97 Å². The predicted molar refractivity (Wildman–Crippen MR) is 122 cm³/mol. The van der Waals surface area contributed by atoms with Crippen molar-refractivity contribution in [2.24, 2.45) is 0 Å². The molecule has 1 amide bonds. The minimum atomic E-state index is -3.91. The fourth-order valence-electron chi connectivity index (χ4n) is 3.09. The van der Waals surface area contributed by atoms with Gasteiger partial charge in [-0.1, -0.05) is 36.4 Å². The molecule has 3 rings (SSSR count). The van der Waals surface area contributed by atoms with E-state index < -0.39 is 43.3 Å². The van der Waals surface area contributed by atoms with E-state index in [1.165, 1.54) is 7.11 Å². The number of nitro groups is 1. The van der Waals surface area contributed by atoms with Crippen molar-refractivity contribution in [3.8, 4) is 5.75 Å². The topological polar surface area (TPSA) is 142 Å². The first-order chi connectivity index (χ1) is 16.1. The number of nitrogens with one attached hydrogen (secondary N) is 1. The molecule has 176 valence electrons. The molecule has 3 aromatic carbocycles. The molecule has 0 saturated heterocycles. The molecule has 0 aromatic heterocycles. The minimum absolute atomic E-state index is 0.283. The van der Waals surface area contributed by atoms with E-state index in [1.807, 2.05) is 0 Å². The Morgan fingerprint density at radius 1 is 1.00 bits per heavy atom. The molecule has 10 nitrogen and oxygen atoms in total. The molecular formula is C23H20N2O8S. The molecule has 0 unspecified atom stereocenters. The van der Waals surface area contributed by atoms with Crippen LogP contribution in [-0.4, -0.2) is 38.6 Å². The van der Waals surface area contributed by atoms with E-state index in [-0.39, 0.29) is 5.56 Å². The highest BCUT2D eigenvalue weighted by molar-refractivity contribution is 7.90. The summed E-state index contributed by atoms with van der Waals surface area (Å²) in [6.45, 7) is 0. The van der Waals surface area contributed by atoms with Crippen molar-refractivity contribution in [2.45, 2.75) is 11.0 Å². The van der Waals surface area contributed by atoms with Crippen LogP contribution in [0.2, 0.25) is 0 Å². The van der Waals surface area contributed by atoms with Gasteiger partial charge in [0.2, 0.25) is 6.10 Å². The average Bonchev–Trinajstić information content (AvgIpc) is 2.82. The molecule has 0 aliphatic carbocycles. The first-order valence-corrected chi connectivity index (χ1v) is 11.7. The molecule has 0 heterocycles. The number of anilines is 1. The quantitative estimate of drug-likeness (QED) is 0.291. The lowest BCUT2D eigenvalue weighted by atomic mass is 10.1. The van der Waals surface area contributed by atoms with Crippen LogP contribution in [0.3, 0.4) is 0 Å². The van der Waals surface area contributed by atoms with Gasteiger partial charge in [-0.05, 0) is 24.3 Å². The lowest BCUT2D eigenvalue weighted by Crippen LogP contribution is -2.26. The lowest BCUT2D eigenvalue weighted by molar-refractivity contribution is -0.387. The summed E-state index contributed by atoms with van der Waals surface area (Å²) in [5.41, 5.74) is -0.295. The Morgan fingerprint density at radius 2 is 1.71 bits per heavy atom. The van der Waals surface area contributed by atoms with Gasteiger partial charge in [-0.3, -0.25) is 14.9 Å². The number of benzene rings is 3. The van der Waals surface area contributed by atoms with Gasteiger partial charge in [-0.2, -0.15) is 0 Å². The number of amides is 1. The molecule has 1 atom stereocenters. The summed E-state index contributed by atoms with van der Waals surface area (Å²) in [6.07, 6.45) is -0.574. The zero-order valence-electron chi connectivity index (χ0n) is 18.1. The third-order valence-corrected chi connectivity index (χ3v) is 5.84. The number of carbonyl (C=O) groups excluding carboxylic acids is 2. The van der Waals surface area contributed by atoms with Crippen LogP contribution in [0.4, 0.5) is 11.4 Å². The Labute approximate surface area is 195 Å². The summed E-state index contributed by atoms with van der Waals surface area (Å²) in [6, 6.07) is 17.6. The van der Waals surface area contributed by atoms with E-state index >= 15 is 0 Å². The number of nitro benzene ring substituents is 1. The molecular weight excluding hydrogens is 464 g/mol. The number of carbonyl (C=O) groups is 2. The minimum Gasteiger partial charge on any atom is -0.497 e. The van der Waals surface area contributed by atoms with Gasteiger partial charge < -0.3 is 14.8 Å². The molecule has 11 heteroatoms. The molecule has 0 spiro atoms. The summed E-state index contributed by atoms with van der Waals surface area (Å²) in [4.78, 5) is 35.8. The second kappa shape index (κ2) is 10.1. The SMILES string of the molecule is COc1cccc(NC(=O)[C@H](OC(=O)c2ccc(S(C)(=O)=O)c([N+](=O)[O-])c2)c2ccccc2)c1. The van der Waals surface area contributed by atoms with Crippen LogP contribution in [0.5, 0.6) is 5.75 Å². The molecule has 0 radical (unpaired) electrons. The Morgan fingerprint density at radius 3 is 2.32 bits per heavy atom. The van der Waals surface area contributed by atoms with Crippen molar-refractivity contribution < 1.29 is 32.4 Å². The average molecular weight is 484 g/mol. The van der Waals surface area contributed by atoms with Crippen molar-refractivity contribution in [3.63, 3.8) is 0 Å². The summed E-state index contributed by atoms with van der Waals surface area (Å²) in [5.74, 6) is -1.21. The summed E-state index contributed by atoms with van der Waals surface area (Å²) >= 11 is 0. The number of sulfone groups is 1. The summed E-state index contributed by atoms with van der Waals surface area (Å²) in [5, 5.41) is 14.0. The number of methoxy groups -OCH3 is 1. The van der Waals surface area contributed by atoms with Gasteiger partial charge in [0, 0.05) is 29.6 Å². The largest absolute Gasteiger partial charge is 0.497 e. The number of ether oxygens (including phenoxy) is 2. The van der Waals surface area contributed by atoms with Crippen molar-refractivity contribution >= 4 is 33.1 Å². The fourth-order valence-corrected chi connectivity index (χ4v) is 3.91. The lowest BCUT2D eigenvalue weighted by Gasteiger charge is -2.18. The van der Waals surface area contributed by atoms with Crippen LogP contribution in [0.1, 0.15) is 22.0 Å². The maximum absolute atomic E-state index is 13.0. The number of esters is 1. The second-order valence-electron chi connectivity index (χ2n) is 7.13. The van der Waals surface area contributed by atoms with E-state index in [9.17, 15) is 28.1 Å². The van der Waals surface area contributed by atoms with Crippen molar-refractivity contribution in [1.29, 1.82) is 0 Å². The Hall–Kier alpha value is -4.25. The third-order valence-electron chi connectivity index (χ3n) is 4.69. The summed E-state index contributed by atoms with van der Waals surface area (Å²) in [7, 11) is -2.43. The predicted octanol–water partition coefficient (Wildman–Crippen LogP) is 3.54. The number of nitrogens with zero attached hydrogens (tertiary/aromatic N) is 1. The van der Waals surface area contributed by atoms with Crippen molar-refractivity contribution in [1.82, 2.24) is 0 Å². The number of hydrogen-bond donors (Lipinski definition) is 1. The van der Waals surface area contributed by atoms with Gasteiger partial charge in [-0.15, -0.1) is 0 Å². The smallest absolute Gasteiger partial charge is 0.339 e. The number of rotatable bonds is 8. The molecule has 0 saturated carbocycles. The van der Waals surface area contributed by atoms with Crippen molar-refractivity contribution in [2.75, 3.05) is 18.7 Å². The molecule has 1 N–H and O–H groups in total. The molecule has 3 aromatic rings. The molecule has 0 bridgehead atoms. The van der Waals surface area contributed by atoms with Gasteiger partial charge in [0.25, 0.3) is 11.6 Å². The molecule has 0 aliphatic rings. The monoisotopic (exact) mass is 484 g/mol. The Kier molecular flexibility index (Phi) is 7.27. The van der Waals surface area contributed by atoms with Crippen LogP contribution in [0.25, 0.3) is 0 Å². The van der Waals surface area contributed by atoms with Gasteiger partial charge in [0.05, 0.1) is 17.6 Å². The van der Waals surface area contributed by atoms with Gasteiger partial charge in [0.15, 0.2) is 9.84 Å². The first-order valence-electron chi connectivity index (χ1n) is 9.79. The molecule has 34 heavy (non-hydrogen) atoms. The highest BCUT2D eigenvalue weighted by atomic mass is 32.2. The highest BCUT2D eigenvalue weighted by Crippen LogP contribution is 2.27. The maximum Gasteiger partial charge on any atom is 0.339 e. The van der Waals surface area contributed by atoms with Gasteiger partial charge in [0.1, 0.15) is 10.6 Å². The zero-order chi connectivity index (χ0) is 24.9. The van der Waals surface area contributed by atoms with Crippen LogP contribution >= 0.6 is 0 Å². The highest BCUT2D eigenvalue weighted by Gasteiger charge is 2.29. The normalized spacial score (nSPS) is 11.8. The third kappa shape index (κ3) is 5.75. The van der Waals surface area contributed by atoms with Crippen LogP contribution < -0.4 is 10.1 Å². The fraction of sp³-hybridized carbons (Fsp3) is 0.130. The van der Waals surface area contributed by atoms with Crippen LogP contribution in [0.15, 0.2) is 77.7 Å². The zero-order valence-corrected chi connectivity index (χ0v) is 18.9. The van der Waals surface area contributed by atoms with Crippen LogP contribution in [-0.2, 0) is 19.4 Å². The summed E-state index contributed by atoms with van der Waals surface area (Å²) < 4.78 is 34.2. The Balaban J connectivity index is 1.92. The van der Waals surface area contributed by atoms with E-state index in [0.29, 0.717) is 17.0 Å². The molecule has 0 fully saturated rings. The van der Waals surface area contributed by atoms with E-state index in [4.69, 9.17) is 9.47 Å². The van der Waals surface area contributed by atoms with E-state index in [2.05, 4.69) is 5.32 Å². The second-order valence-corrected chi connectivity index (χ2v) is 9.11. The van der Waals surface area contributed by atoms with Crippen molar-refractivity contribution in [3.05, 3.63) is 94.0 Å².